The zero-order chi connectivity index (χ0) is 16.1. The Balaban J connectivity index is 1.81. The highest BCUT2D eigenvalue weighted by Gasteiger charge is 2.36. The lowest BCUT2D eigenvalue weighted by molar-refractivity contribution is 0.0525. The average Bonchev–Trinajstić information content (AvgIpc) is 2.61. The third kappa shape index (κ3) is 3.79. The highest BCUT2D eigenvalue weighted by Crippen LogP contribution is 2.38. The molecule has 1 aromatic carbocycles. The minimum Gasteiger partial charge on any atom is -0.381 e. The van der Waals surface area contributed by atoms with Gasteiger partial charge in [-0.25, -0.2) is 0 Å². The van der Waals surface area contributed by atoms with Crippen molar-refractivity contribution in [1.82, 2.24) is 4.90 Å². The van der Waals surface area contributed by atoms with Gasteiger partial charge in [0.15, 0.2) is 5.96 Å². The Kier molecular flexibility index (Phi) is 5.41. The van der Waals surface area contributed by atoms with Crippen LogP contribution in [0, 0.1) is 0 Å². The molecule has 0 radical (unpaired) electrons. The second kappa shape index (κ2) is 7.51. The SMILES string of the molecule is NC(=NCC1(c2ccccc2Cl)CCOCC1)N1CCOCC1. The lowest BCUT2D eigenvalue weighted by Crippen LogP contribution is -2.46. The Morgan fingerprint density at radius 3 is 2.48 bits per heavy atom. The van der Waals surface area contributed by atoms with Crippen LogP contribution in [0.5, 0.6) is 0 Å². The van der Waals surface area contributed by atoms with Gasteiger partial charge >= 0.3 is 0 Å². The van der Waals surface area contributed by atoms with E-state index >= 15 is 0 Å². The first-order chi connectivity index (χ1) is 11.2. The molecule has 5 nitrogen and oxygen atoms in total. The molecule has 1 aromatic rings. The van der Waals surface area contributed by atoms with Gasteiger partial charge in [0.2, 0.25) is 0 Å². The van der Waals surface area contributed by atoms with Gasteiger partial charge < -0.3 is 20.1 Å². The summed E-state index contributed by atoms with van der Waals surface area (Å²) in [5.41, 5.74) is 7.26. The van der Waals surface area contributed by atoms with Gasteiger partial charge in [0.05, 0.1) is 19.8 Å². The zero-order valence-electron chi connectivity index (χ0n) is 13.3. The maximum Gasteiger partial charge on any atom is 0.191 e. The van der Waals surface area contributed by atoms with Crippen LogP contribution in [0.3, 0.4) is 0 Å². The summed E-state index contributed by atoms with van der Waals surface area (Å²) < 4.78 is 10.9. The maximum atomic E-state index is 6.46. The van der Waals surface area contributed by atoms with E-state index in [-0.39, 0.29) is 5.41 Å². The largest absolute Gasteiger partial charge is 0.381 e. The van der Waals surface area contributed by atoms with E-state index in [4.69, 9.17) is 31.8 Å². The van der Waals surface area contributed by atoms with E-state index in [0.717, 1.165) is 49.7 Å². The quantitative estimate of drug-likeness (QED) is 0.677. The van der Waals surface area contributed by atoms with E-state index in [1.807, 2.05) is 18.2 Å². The van der Waals surface area contributed by atoms with Crippen molar-refractivity contribution in [2.45, 2.75) is 18.3 Å². The number of guanidine groups is 1. The van der Waals surface area contributed by atoms with Crippen LogP contribution in [-0.4, -0.2) is 56.9 Å². The minimum absolute atomic E-state index is 0.0898. The molecule has 0 aromatic heterocycles. The third-order valence-corrected chi connectivity index (χ3v) is 5.10. The fourth-order valence-corrected chi connectivity index (χ4v) is 3.63. The molecule has 3 rings (SSSR count). The van der Waals surface area contributed by atoms with Gasteiger partial charge in [0.25, 0.3) is 0 Å². The molecule has 6 heteroatoms. The number of nitrogens with two attached hydrogens (primary N) is 1. The van der Waals surface area contributed by atoms with Crippen molar-refractivity contribution in [1.29, 1.82) is 0 Å². The Morgan fingerprint density at radius 2 is 1.78 bits per heavy atom. The molecule has 2 saturated heterocycles. The van der Waals surface area contributed by atoms with Crippen LogP contribution >= 0.6 is 11.6 Å². The predicted molar refractivity (Wildman–Crippen MR) is 92.1 cm³/mol. The topological polar surface area (TPSA) is 60.1 Å². The summed E-state index contributed by atoms with van der Waals surface area (Å²) in [5, 5.41) is 0.801. The summed E-state index contributed by atoms with van der Waals surface area (Å²) in [7, 11) is 0. The molecule has 2 N–H and O–H groups in total. The number of halogens is 1. The number of ether oxygens (including phenoxy) is 2. The zero-order valence-corrected chi connectivity index (χ0v) is 14.1. The van der Waals surface area contributed by atoms with Crippen molar-refractivity contribution in [3.05, 3.63) is 34.9 Å². The van der Waals surface area contributed by atoms with Gasteiger partial charge in [-0.15, -0.1) is 0 Å². The lowest BCUT2D eigenvalue weighted by atomic mass is 9.74. The standard InChI is InChI=1S/C17H24ClN3O2/c18-15-4-2-1-3-14(15)17(5-9-22-10-6-17)13-20-16(19)21-7-11-23-12-8-21/h1-4H,5-13H2,(H2,19,20). The van der Waals surface area contributed by atoms with Crippen LogP contribution in [-0.2, 0) is 14.9 Å². The van der Waals surface area contributed by atoms with Crippen molar-refractivity contribution >= 4 is 17.6 Å². The van der Waals surface area contributed by atoms with Crippen molar-refractivity contribution in [3.8, 4) is 0 Å². The van der Waals surface area contributed by atoms with Gasteiger partial charge in [-0.3, -0.25) is 4.99 Å². The Morgan fingerprint density at radius 1 is 1.13 bits per heavy atom. The monoisotopic (exact) mass is 337 g/mol. The van der Waals surface area contributed by atoms with Gasteiger partial charge in [0, 0.05) is 36.7 Å². The molecule has 0 unspecified atom stereocenters. The second-order valence-electron chi connectivity index (χ2n) is 6.15. The number of aliphatic imine (C=N–C) groups is 1. The van der Waals surface area contributed by atoms with Gasteiger partial charge in [0.1, 0.15) is 0 Å². The molecule has 0 aliphatic carbocycles. The number of nitrogens with zero attached hydrogens (tertiary/aromatic N) is 2. The molecule has 0 spiro atoms. The first-order valence-corrected chi connectivity index (χ1v) is 8.54. The summed E-state index contributed by atoms with van der Waals surface area (Å²) in [5.74, 6) is 0.603. The summed E-state index contributed by atoms with van der Waals surface area (Å²) in [6, 6.07) is 8.05. The molecule has 2 heterocycles. The van der Waals surface area contributed by atoms with E-state index in [1.54, 1.807) is 0 Å². The highest BCUT2D eigenvalue weighted by atomic mass is 35.5. The first kappa shape index (κ1) is 16.6. The van der Waals surface area contributed by atoms with Crippen LogP contribution in [0.2, 0.25) is 5.02 Å². The number of hydrogen-bond donors (Lipinski definition) is 1. The molecule has 23 heavy (non-hydrogen) atoms. The summed E-state index contributed by atoms with van der Waals surface area (Å²) in [6.07, 6.45) is 1.83. The van der Waals surface area contributed by atoms with E-state index in [1.165, 1.54) is 0 Å². The molecule has 0 amide bonds. The highest BCUT2D eigenvalue weighted by molar-refractivity contribution is 6.31. The van der Waals surface area contributed by atoms with Crippen LogP contribution < -0.4 is 5.73 Å². The number of benzene rings is 1. The van der Waals surface area contributed by atoms with Crippen LogP contribution in [0.1, 0.15) is 18.4 Å². The van der Waals surface area contributed by atoms with Gasteiger partial charge in [-0.05, 0) is 24.5 Å². The molecule has 126 valence electrons. The normalized spacial score (nSPS) is 22.1. The van der Waals surface area contributed by atoms with Crippen molar-refractivity contribution < 1.29 is 9.47 Å². The fraction of sp³-hybridized carbons (Fsp3) is 0.588. The van der Waals surface area contributed by atoms with Gasteiger partial charge in [-0.2, -0.15) is 0 Å². The van der Waals surface area contributed by atoms with Crippen molar-refractivity contribution in [2.75, 3.05) is 46.1 Å². The Bertz CT molecular complexity index is 553. The smallest absolute Gasteiger partial charge is 0.191 e. The molecular weight excluding hydrogens is 314 g/mol. The molecule has 2 fully saturated rings. The second-order valence-corrected chi connectivity index (χ2v) is 6.55. The molecule has 0 atom stereocenters. The number of morpholine rings is 1. The van der Waals surface area contributed by atoms with E-state index in [0.29, 0.717) is 25.7 Å². The van der Waals surface area contributed by atoms with E-state index in [9.17, 15) is 0 Å². The summed E-state index contributed by atoms with van der Waals surface area (Å²) in [4.78, 5) is 6.80. The number of rotatable bonds is 3. The maximum absolute atomic E-state index is 6.46. The van der Waals surface area contributed by atoms with Crippen LogP contribution in [0.15, 0.2) is 29.3 Å². The molecule has 0 bridgehead atoms. The molecule has 2 aliphatic heterocycles. The molecular formula is C17H24ClN3O2. The minimum atomic E-state index is -0.0898. The van der Waals surface area contributed by atoms with Gasteiger partial charge in [-0.1, -0.05) is 29.8 Å². The molecule has 0 saturated carbocycles. The summed E-state index contributed by atoms with van der Waals surface area (Å²) in [6.45, 7) is 5.13. The van der Waals surface area contributed by atoms with Crippen molar-refractivity contribution in [3.63, 3.8) is 0 Å². The third-order valence-electron chi connectivity index (χ3n) is 4.77. The van der Waals surface area contributed by atoms with Crippen LogP contribution in [0.4, 0.5) is 0 Å². The average molecular weight is 338 g/mol. The lowest BCUT2D eigenvalue weighted by Gasteiger charge is -2.37. The van der Waals surface area contributed by atoms with Crippen LogP contribution in [0.25, 0.3) is 0 Å². The predicted octanol–water partition coefficient (Wildman–Crippen LogP) is 2.04. The Labute approximate surface area is 142 Å². The Hall–Kier alpha value is -1.30. The first-order valence-electron chi connectivity index (χ1n) is 8.17. The number of hydrogen-bond acceptors (Lipinski definition) is 3. The molecule has 2 aliphatic rings. The fourth-order valence-electron chi connectivity index (χ4n) is 3.29. The summed E-state index contributed by atoms with van der Waals surface area (Å²) >= 11 is 6.46. The van der Waals surface area contributed by atoms with E-state index in [2.05, 4.69) is 11.0 Å². The van der Waals surface area contributed by atoms with Crippen molar-refractivity contribution in [2.24, 2.45) is 10.7 Å². The van der Waals surface area contributed by atoms with E-state index < -0.39 is 0 Å².